The topological polar surface area (TPSA) is 97.6 Å². The van der Waals surface area contributed by atoms with Gasteiger partial charge in [-0.2, -0.15) is 0 Å². The van der Waals surface area contributed by atoms with Crippen molar-refractivity contribution < 1.29 is 27.6 Å². The van der Waals surface area contributed by atoms with Gasteiger partial charge in [0, 0.05) is 30.8 Å². The summed E-state index contributed by atoms with van der Waals surface area (Å²) >= 11 is 0. The average molecular weight is 410 g/mol. The lowest BCUT2D eigenvalue weighted by Crippen LogP contribution is -2.38. The third kappa shape index (κ3) is 5.56. The number of nitrogens with one attached hydrogen (secondary N) is 1. The second kappa shape index (κ2) is 8.33. The lowest BCUT2D eigenvalue weighted by molar-refractivity contribution is -0.385. The highest BCUT2D eigenvalue weighted by Crippen LogP contribution is 2.26. The van der Waals surface area contributed by atoms with E-state index in [4.69, 9.17) is 0 Å². The molecule has 8 nitrogen and oxygen atoms in total. The first-order chi connectivity index (χ1) is 13.7. The van der Waals surface area contributed by atoms with Gasteiger partial charge in [-0.3, -0.25) is 14.9 Å². The van der Waals surface area contributed by atoms with E-state index in [1.54, 1.807) is 6.07 Å². The summed E-state index contributed by atoms with van der Waals surface area (Å²) in [6, 6.07) is 7.90. The van der Waals surface area contributed by atoms with Crippen molar-refractivity contribution in [1.82, 2.24) is 4.98 Å². The van der Waals surface area contributed by atoms with Crippen molar-refractivity contribution in [1.29, 1.82) is 0 Å². The summed E-state index contributed by atoms with van der Waals surface area (Å²) in [5.74, 6) is -0.227. The number of carbonyl (C=O) groups is 1. The molecule has 0 saturated carbocycles. The number of ether oxygens (including phenoxy) is 1. The Balaban J connectivity index is 1.51. The largest absolute Gasteiger partial charge is 0.573 e. The summed E-state index contributed by atoms with van der Waals surface area (Å²) < 4.78 is 40.3. The van der Waals surface area contributed by atoms with E-state index in [0.29, 0.717) is 37.4 Å². The second-order valence-electron chi connectivity index (χ2n) is 6.45. The summed E-state index contributed by atoms with van der Waals surface area (Å²) in [5, 5.41) is 13.4. The van der Waals surface area contributed by atoms with E-state index in [9.17, 15) is 28.1 Å². The molecular weight excluding hydrogens is 393 g/mol. The molecule has 2 heterocycles. The first kappa shape index (κ1) is 20.4. The van der Waals surface area contributed by atoms with Crippen molar-refractivity contribution in [3.8, 4) is 5.75 Å². The van der Waals surface area contributed by atoms with Crippen LogP contribution in [0.1, 0.15) is 12.8 Å². The number of alkyl halides is 3. The van der Waals surface area contributed by atoms with Gasteiger partial charge in [0.25, 0.3) is 5.69 Å². The number of rotatable bonds is 5. The molecule has 1 aromatic carbocycles. The summed E-state index contributed by atoms with van der Waals surface area (Å²) in [7, 11) is 0. The van der Waals surface area contributed by atoms with Crippen LogP contribution in [0.5, 0.6) is 5.75 Å². The Bertz CT molecular complexity index is 864. The molecule has 154 valence electrons. The van der Waals surface area contributed by atoms with Crippen LogP contribution in [0.25, 0.3) is 0 Å². The van der Waals surface area contributed by atoms with Gasteiger partial charge in [0.15, 0.2) is 0 Å². The van der Waals surface area contributed by atoms with Crippen molar-refractivity contribution in [3.05, 3.63) is 52.7 Å². The maximum atomic E-state index is 12.4. The highest BCUT2D eigenvalue weighted by Gasteiger charge is 2.31. The van der Waals surface area contributed by atoms with Crippen molar-refractivity contribution in [2.24, 2.45) is 5.92 Å². The second-order valence-corrected chi connectivity index (χ2v) is 6.45. The number of benzene rings is 1. The number of piperidine rings is 1. The van der Waals surface area contributed by atoms with Gasteiger partial charge >= 0.3 is 6.36 Å². The van der Waals surface area contributed by atoms with Gasteiger partial charge in [0.05, 0.1) is 4.92 Å². The molecule has 2 aromatic rings. The normalized spacial score (nSPS) is 15.1. The Morgan fingerprint density at radius 3 is 2.34 bits per heavy atom. The van der Waals surface area contributed by atoms with Crippen molar-refractivity contribution in [3.63, 3.8) is 0 Å². The van der Waals surface area contributed by atoms with Crippen LogP contribution in [-0.4, -0.2) is 35.3 Å². The Hall–Kier alpha value is -3.37. The van der Waals surface area contributed by atoms with Crippen LogP contribution in [0.15, 0.2) is 42.6 Å². The van der Waals surface area contributed by atoms with Crippen molar-refractivity contribution >= 4 is 23.1 Å². The zero-order chi connectivity index (χ0) is 21.0. The minimum atomic E-state index is -4.77. The predicted octanol–water partition coefficient (Wildman–Crippen LogP) is 3.74. The molecule has 1 amide bonds. The monoisotopic (exact) mass is 410 g/mol. The Morgan fingerprint density at radius 2 is 1.83 bits per heavy atom. The molecule has 0 spiro atoms. The fourth-order valence-electron chi connectivity index (χ4n) is 3.03. The lowest BCUT2D eigenvalue weighted by atomic mass is 9.95. The summed E-state index contributed by atoms with van der Waals surface area (Å²) in [5.41, 5.74) is 0.290. The Kier molecular flexibility index (Phi) is 5.85. The molecule has 1 fully saturated rings. The maximum Gasteiger partial charge on any atom is 0.573 e. The number of hydrogen-bond acceptors (Lipinski definition) is 6. The summed E-state index contributed by atoms with van der Waals surface area (Å²) in [4.78, 5) is 28.6. The van der Waals surface area contributed by atoms with Gasteiger partial charge in [0.1, 0.15) is 17.8 Å². The van der Waals surface area contributed by atoms with Crippen LogP contribution in [0, 0.1) is 16.0 Å². The van der Waals surface area contributed by atoms with Crippen molar-refractivity contribution in [2.75, 3.05) is 23.3 Å². The molecule has 29 heavy (non-hydrogen) atoms. The SMILES string of the molecule is O=C(Nc1ccc(OC(F)(F)F)cc1)C1CCN(c2ccc([N+](=O)[O-])cn2)CC1. The number of pyridine rings is 1. The molecular formula is C18H17F3N4O4. The molecule has 0 bridgehead atoms. The van der Waals surface area contributed by atoms with Crippen LogP contribution >= 0.6 is 0 Å². The molecule has 0 radical (unpaired) electrons. The highest BCUT2D eigenvalue weighted by atomic mass is 19.4. The minimum absolute atomic E-state index is 0.0883. The van der Waals surface area contributed by atoms with E-state index < -0.39 is 11.3 Å². The molecule has 1 aliphatic rings. The smallest absolute Gasteiger partial charge is 0.406 e. The van der Waals surface area contributed by atoms with Gasteiger partial charge in [-0.1, -0.05) is 0 Å². The third-order valence-corrected chi connectivity index (χ3v) is 4.49. The van der Waals surface area contributed by atoms with Gasteiger partial charge < -0.3 is 15.0 Å². The third-order valence-electron chi connectivity index (χ3n) is 4.49. The van der Waals surface area contributed by atoms with Gasteiger partial charge in [0.2, 0.25) is 5.91 Å². The number of nitrogens with zero attached hydrogens (tertiary/aromatic N) is 3. The summed E-state index contributed by atoms with van der Waals surface area (Å²) in [6.45, 7) is 1.11. The minimum Gasteiger partial charge on any atom is -0.406 e. The molecule has 0 aliphatic carbocycles. The van der Waals surface area contributed by atoms with Gasteiger partial charge in [-0.25, -0.2) is 4.98 Å². The van der Waals surface area contributed by atoms with Crippen LogP contribution in [0.4, 0.5) is 30.4 Å². The molecule has 11 heteroatoms. The fraction of sp³-hybridized carbons (Fsp3) is 0.333. The van der Waals surface area contributed by atoms with E-state index >= 15 is 0 Å². The van der Waals surface area contributed by atoms with Gasteiger partial charge in [-0.15, -0.1) is 13.2 Å². The number of aromatic nitrogens is 1. The zero-order valence-electron chi connectivity index (χ0n) is 15.1. The molecule has 0 atom stereocenters. The number of halogens is 3. The molecule has 0 unspecified atom stereocenters. The standard InChI is InChI=1S/C18H17F3N4O4/c19-18(20,21)29-15-4-1-13(2-5-15)23-17(26)12-7-9-24(10-8-12)16-6-3-14(11-22-16)25(27)28/h1-6,11-12H,7-10H2,(H,23,26). The van der Waals surface area contributed by atoms with Crippen LogP contribution in [0.3, 0.4) is 0 Å². The average Bonchev–Trinajstić information content (AvgIpc) is 2.68. The predicted molar refractivity (Wildman–Crippen MR) is 97.6 cm³/mol. The van der Waals surface area contributed by atoms with Gasteiger partial charge in [-0.05, 0) is 43.2 Å². The highest BCUT2D eigenvalue weighted by molar-refractivity contribution is 5.92. The molecule has 3 rings (SSSR count). The van der Waals surface area contributed by atoms with E-state index in [0.717, 1.165) is 12.1 Å². The van der Waals surface area contributed by atoms with Crippen LogP contribution in [0.2, 0.25) is 0 Å². The van der Waals surface area contributed by atoms with E-state index in [-0.39, 0.29) is 23.3 Å². The quantitative estimate of drug-likeness (QED) is 0.596. The lowest BCUT2D eigenvalue weighted by Gasteiger charge is -2.32. The Labute approximate surface area is 163 Å². The number of anilines is 2. The van der Waals surface area contributed by atoms with E-state index in [2.05, 4.69) is 15.0 Å². The van der Waals surface area contributed by atoms with Crippen molar-refractivity contribution in [2.45, 2.75) is 19.2 Å². The molecule has 1 aromatic heterocycles. The van der Waals surface area contributed by atoms with E-state index in [1.807, 2.05) is 4.90 Å². The maximum absolute atomic E-state index is 12.4. The zero-order valence-corrected chi connectivity index (χ0v) is 15.1. The first-order valence-corrected chi connectivity index (χ1v) is 8.73. The van der Waals surface area contributed by atoms with Crippen LogP contribution < -0.4 is 15.0 Å². The Morgan fingerprint density at radius 1 is 1.17 bits per heavy atom. The first-order valence-electron chi connectivity index (χ1n) is 8.73. The molecule has 1 aliphatic heterocycles. The summed E-state index contributed by atoms with van der Waals surface area (Å²) in [6.07, 6.45) is -2.46. The molecule has 1 saturated heterocycles. The number of nitro groups is 1. The number of hydrogen-bond donors (Lipinski definition) is 1. The van der Waals surface area contributed by atoms with Crippen LogP contribution in [-0.2, 0) is 4.79 Å². The molecule has 1 N–H and O–H groups in total. The number of amides is 1. The van der Waals surface area contributed by atoms with E-state index in [1.165, 1.54) is 24.4 Å². The number of carbonyl (C=O) groups excluding carboxylic acids is 1. The fourth-order valence-corrected chi connectivity index (χ4v) is 3.03.